The second-order valence-electron chi connectivity index (χ2n) is 6.01. The molecule has 1 atom stereocenters. The summed E-state index contributed by atoms with van der Waals surface area (Å²) in [6.45, 7) is 2.91. The first-order valence-electron chi connectivity index (χ1n) is 8.30. The van der Waals surface area contributed by atoms with Gasteiger partial charge in [0.25, 0.3) is 0 Å². The summed E-state index contributed by atoms with van der Waals surface area (Å²) in [5.74, 6) is 0. The second-order valence-corrected chi connectivity index (χ2v) is 7.95. The molecule has 2 amide bonds. The molecule has 2 aromatic carbocycles. The molecule has 1 fully saturated rings. The average molecular weight is 375 g/mol. The topological polar surface area (TPSA) is 87.7 Å². The van der Waals surface area contributed by atoms with Crippen LogP contribution in [0.15, 0.2) is 59.5 Å². The average Bonchev–Trinajstić information content (AvgIpc) is 2.63. The van der Waals surface area contributed by atoms with E-state index in [1.807, 2.05) is 25.1 Å². The molecule has 0 saturated carbocycles. The van der Waals surface area contributed by atoms with Crippen LogP contribution < -0.4 is 10.6 Å². The number of morpholine rings is 1. The molecule has 1 aliphatic rings. The number of benzene rings is 2. The SMILES string of the molecule is CC1CN(S(=O)(=O)c2ccc(NC(=O)Nc3ccccc3)cc2)CCO1. The lowest BCUT2D eigenvalue weighted by Gasteiger charge is -2.30. The van der Waals surface area contributed by atoms with E-state index in [1.165, 1.54) is 16.4 Å². The third kappa shape index (κ3) is 4.40. The number of amides is 2. The summed E-state index contributed by atoms with van der Waals surface area (Å²) in [5.41, 5.74) is 1.18. The van der Waals surface area contributed by atoms with Crippen molar-refractivity contribution in [2.75, 3.05) is 30.3 Å². The molecule has 1 saturated heterocycles. The number of carbonyl (C=O) groups excluding carboxylic acids is 1. The molecular weight excluding hydrogens is 354 g/mol. The third-order valence-electron chi connectivity index (χ3n) is 3.99. The van der Waals surface area contributed by atoms with Crippen LogP contribution in [0, 0.1) is 0 Å². The standard InChI is InChI=1S/C18H21N3O4S/c1-14-13-21(11-12-25-14)26(23,24)17-9-7-16(8-10-17)20-18(22)19-15-5-3-2-4-6-15/h2-10,14H,11-13H2,1H3,(H2,19,20,22). The van der Waals surface area contributed by atoms with Crippen LogP contribution in [0.3, 0.4) is 0 Å². The zero-order valence-electron chi connectivity index (χ0n) is 14.4. The van der Waals surface area contributed by atoms with Gasteiger partial charge in [0.15, 0.2) is 0 Å². The van der Waals surface area contributed by atoms with E-state index in [1.54, 1.807) is 24.3 Å². The number of hydrogen-bond donors (Lipinski definition) is 2. The Kier molecular flexibility index (Phi) is 5.55. The molecule has 1 heterocycles. The number of rotatable bonds is 4. The van der Waals surface area contributed by atoms with E-state index in [4.69, 9.17) is 4.74 Å². The van der Waals surface area contributed by atoms with Gasteiger partial charge in [-0.3, -0.25) is 0 Å². The Balaban J connectivity index is 1.65. The summed E-state index contributed by atoms with van der Waals surface area (Å²) >= 11 is 0. The smallest absolute Gasteiger partial charge is 0.323 e. The number of nitrogens with zero attached hydrogens (tertiary/aromatic N) is 1. The van der Waals surface area contributed by atoms with E-state index < -0.39 is 16.1 Å². The number of para-hydroxylation sites is 1. The zero-order valence-corrected chi connectivity index (χ0v) is 15.2. The maximum atomic E-state index is 12.7. The predicted molar refractivity (Wildman–Crippen MR) is 99.7 cm³/mol. The highest BCUT2D eigenvalue weighted by molar-refractivity contribution is 7.89. The van der Waals surface area contributed by atoms with Gasteiger partial charge in [0, 0.05) is 24.5 Å². The van der Waals surface area contributed by atoms with Crippen LogP contribution in [-0.4, -0.2) is 44.6 Å². The first-order valence-corrected chi connectivity index (χ1v) is 9.74. The van der Waals surface area contributed by atoms with Gasteiger partial charge in [-0.1, -0.05) is 18.2 Å². The van der Waals surface area contributed by atoms with E-state index in [9.17, 15) is 13.2 Å². The summed E-state index contributed by atoms with van der Waals surface area (Å²) < 4.78 is 32.2. The summed E-state index contributed by atoms with van der Waals surface area (Å²) in [5, 5.41) is 5.38. The van der Waals surface area contributed by atoms with Crippen molar-refractivity contribution < 1.29 is 17.9 Å². The fourth-order valence-corrected chi connectivity index (χ4v) is 4.18. The number of urea groups is 1. The summed E-state index contributed by atoms with van der Waals surface area (Å²) in [4.78, 5) is 12.2. The number of hydrogen-bond acceptors (Lipinski definition) is 4. The number of anilines is 2. The Morgan fingerprint density at radius 1 is 1.04 bits per heavy atom. The quantitative estimate of drug-likeness (QED) is 0.860. The Morgan fingerprint density at radius 3 is 2.27 bits per heavy atom. The lowest BCUT2D eigenvalue weighted by molar-refractivity contribution is 0.0102. The van der Waals surface area contributed by atoms with Gasteiger partial charge in [0.05, 0.1) is 17.6 Å². The minimum atomic E-state index is -3.56. The summed E-state index contributed by atoms with van der Waals surface area (Å²) in [7, 11) is -3.56. The molecule has 1 unspecified atom stereocenters. The van der Waals surface area contributed by atoms with Crippen molar-refractivity contribution in [1.29, 1.82) is 0 Å². The fourth-order valence-electron chi connectivity index (χ4n) is 2.68. The van der Waals surface area contributed by atoms with Gasteiger partial charge in [-0.05, 0) is 43.3 Å². The van der Waals surface area contributed by atoms with Gasteiger partial charge in [-0.25, -0.2) is 13.2 Å². The molecule has 138 valence electrons. The van der Waals surface area contributed by atoms with Crippen molar-refractivity contribution in [3.63, 3.8) is 0 Å². The minimum Gasteiger partial charge on any atom is -0.376 e. The molecule has 2 N–H and O–H groups in total. The minimum absolute atomic E-state index is 0.124. The van der Waals surface area contributed by atoms with E-state index in [0.717, 1.165) is 0 Å². The first kappa shape index (κ1) is 18.4. The van der Waals surface area contributed by atoms with Gasteiger partial charge < -0.3 is 15.4 Å². The Morgan fingerprint density at radius 2 is 1.65 bits per heavy atom. The van der Waals surface area contributed by atoms with Crippen LogP contribution in [0.4, 0.5) is 16.2 Å². The Bertz CT molecular complexity index is 854. The molecule has 0 aromatic heterocycles. The third-order valence-corrected chi connectivity index (χ3v) is 5.86. The molecule has 2 aromatic rings. The summed E-state index contributed by atoms with van der Waals surface area (Å²) in [6.07, 6.45) is -0.124. The van der Waals surface area contributed by atoms with Crippen LogP contribution >= 0.6 is 0 Å². The molecule has 0 radical (unpaired) electrons. The highest BCUT2D eigenvalue weighted by Crippen LogP contribution is 2.21. The van der Waals surface area contributed by atoms with Gasteiger partial charge in [-0.2, -0.15) is 4.31 Å². The lowest BCUT2D eigenvalue weighted by Crippen LogP contribution is -2.44. The van der Waals surface area contributed by atoms with Crippen molar-refractivity contribution in [2.45, 2.75) is 17.9 Å². The van der Waals surface area contributed by atoms with Crippen LogP contribution in [-0.2, 0) is 14.8 Å². The maximum absolute atomic E-state index is 12.7. The molecule has 0 aliphatic carbocycles. The fraction of sp³-hybridized carbons (Fsp3) is 0.278. The normalized spacial score (nSPS) is 18.3. The number of nitrogens with one attached hydrogen (secondary N) is 2. The molecule has 1 aliphatic heterocycles. The maximum Gasteiger partial charge on any atom is 0.323 e. The predicted octanol–water partition coefficient (Wildman–Crippen LogP) is 2.74. The van der Waals surface area contributed by atoms with Crippen molar-refractivity contribution in [1.82, 2.24) is 4.31 Å². The highest BCUT2D eigenvalue weighted by Gasteiger charge is 2.28. The highest BCUT2D eigenvalue weighted by atomic mass is 32.2. The van der Waals surface area contributed by atoms with Crippen LogP contribution in [0.25, 0.3) is 0 Å². The van der Waals surface area contributed by atoms with Gasteiger partial charge >= 0.3 is 6.03 Å². The van der Waals surface area contributed by atoms with Gasteiger partial charge in [-0.15, -0.1) is 0 Å². The van der Waals surface area contributed by atoms with Crippen molar-refractivity contribution >= 4 is 27.4 Å². The van der Waals surface area contributed by atoms with Crippen LogP contribution in [0.1, 0.15) is 6.92 Å². The largest absolute Gasteiger partial charge is 0.376 e. The van der Waals surface area contributed by atoms with E-state index >= 15 is 0 Å². The lowest BCUT2D eigenvalue weighted by atomic mass is 10.3. The van der Waals surface area contributed by atoms with Crippen molar-refractivity contribution in [2.24, 2.45) is 0 Å². The van der Waals surface area contributed by atoms with Gasteiger partial charge in [0.1, 0.15) is 0 Å². The molecule has 0 bridgehead atoms. The second kappa shape index (κ2) is 7.86. The molecular formula is C18H21N3O4S. The van der Waals surface area contributed by atoms with Crippen molar-refractivity contribution in [3.8, 4) is 0 Å². The Labute approximate surface area is 153 Å². The number of ether oxygens (including phenoxy) is 1. The van der Waals surface area contributed by atoms with E-state index in [-0.39, 0.29) is 11.0 Å². The molecule has 7 nitrogen and oxygen atoms in total. The molecule has 0 spiro atoms. The molecule has 8 heteroatoms. The Hall–Kier alpha value is -2.42. The van der Waals surface area contributed by atoms with E-state index in [2.05, 4.69) is 10.6 Å². The first-order chi connectivity index (χ1) is 12.4. The molecule has 3 rings (SSSR count). The van der Waals surface area contributed by atoms with Crippen LogP contribution in [0.2, 0.25) is 0 Å². The van der Waals surface area contributed by atoms with E-state index in [0.29, 0.717) is 31.1 Å². The monoisotopic (exact) mass is 375 g/mol. The molecule has 26 heavy (non-hydrogen) atoms. The van der Waals surface area contributed by atoms with Gasteiger partial charge in [0.2, 0.25) is 10.0 Å². The van der Waals surface area contributed by atoms with Crippen LogP contribution in [0.5, 0.6) is 0 Å². The zero-order chi connectivity index (χ0) is 18.6. The summed E-state index contributed by atoms with van der Waals surface area (Å²) in [6, 6.07) is 14.8. The number of carbonyl (C=O) groups is 1. The van der Waals surface area contributed by atoms with Crippen molar-refractivity contribution in [3.05, 3.63) is 54.6 Å². The number of sulfonamides is 1.